The van der Waals surface area contributed by atoms with Crippen molar-refractivity contribution in [3.63, 3.8) is 0 Å². The van der Waals surface area contributed by atoms with E-state index in [2.05, 4.69) is 4.74 Å². The molecule has 0 radical (unpaired) electrons. The van der Waals surface area contributed by atoms with Crippen LogP contribution in [0, 0.1) is 5.82 Å². The molecular formula is C7H6BF4O2-. The summed E-state index contributed by atoms with van der Waals surface area (Å²) >= 11 is 0. The molecule has 0 unspecified atom stereocenters. The minimum atomic E-state index is -5.32. The van der Waals surface area contributed by atoms with Crippen LogP contribution in [0.4, 0.5) is 17.3 Å². The zero-order valence-electron chi connectivity index (χ0n) is 7.10. The van der Waals surface area contributed by atoms with Crippen LogP contribution in [-0.2, 0) is 0 Å². The molecule has 1 aromatic rings. The van der Waals surface area contributed by atoms with Gasteiger partial charge in [0.15, 0.2) is 17.3 Å². The largest absolute Gasteiger partial charge is 0.509 e. The maximum atomic E-state index is 12.9. The van der Waals surface area contributed by atoms with Gasteiger partial charge in [0.1, 0.15) is 0 Å². The van der Waals surface area contributed by atoms with Gasteiger partial charge < -0.3 is 22.8 Å². The lowest BCUT2D eigenvalue weighted by atomic mass is 9.80. The van der Waals surface area contributed by atoms with Gasteiger partial charge in [0.2, 0.25) is 0 Å². The Morgan fingerprint density at radius 1 is 1.29 bits per heavy atom. The Kier molecular flexibility index (Phi) is 2.59. The lowest BCUT2D eigenvalue weighted by Crippen LogP contribution is -2.34. The van der Waals surface area contributed by atoms with Crippen molar-refractivity contribution in [2.24, 2.45) is 0 Å². The van der Waals surface area contributed by atoms with Crippen molar-refractivity contribution in [2.45, 2.75) is 0 Å². The molecule has 7 heteroatoms. The molecule has 0 bridgehead atoms. The van der Waals surface area contributed by atoms with Gasteiger partial charge in [-0.3, -0.25) is 0 Å². The van der Waals surface area contributed by atoms with Crippen molar-refractivity contribution >= 4 is 12.4 Å². The number of rotatable bonds is 2. The molecule has 0 heterocycles. The normalized spacial score (nSPS) is 11.5. The van der Waals surface area contributed by atoms with E-state index in [1.165, 1.54) is 0 Å². The van der Waals surface area contributed by atoms with Gasteiger partial charge >= 0.3 is 6.98 Å². The van der Waals surface area contributed by atoms with Crippen LogP contribution in [0.1, 0.15) is 0 Å². The summed E-state index contributed by atoms with van der Waals surface area (Å²) in [6.07, 6.45) is 0. The minimum Gasteiger partial charge on any atom is -0.504 e. The number of halogens is 4. The SMILES string of the molecule is COc1c(O)cc([B-](F)(F)F)cc1F. The number of ether oxygens (including phenoxy) is 1. The second-order valence-corrected chi connectivity index (χ2v) is 2.63. The second-order valence-electron chi connectivity index (χ2n) is 2.63. The zero-order valence-corrected chi connectivity index (χ0v) is 7.10. The smallest absolute Gasteiger partial charge is 0.504 e. The fraction of sp³-hybridized carbons (Fsp3) is 0.143. The summed E-state index contributed by atoms with van der Waals surface area (Å²) in [5.41, 5.74) is -1.19. The first-order chi connectivity index (χ1) is 6.36. The molecule has 0 amide bonds. The Morgan fingerprint density at radius 3 is 2.21 bits per heavy atom. The average molecular weight is 209 g/mol. The van der Waals surface area contributed by atoms with E-state index in [1.807, 2.05) is 0 Å². The van der Waals surface area contributed by atoms with Crippen molar-refractivity contribution < 1.29 is 27.2 Å². The van der Waals surface area contributed by atoms with Crippen LogP contribution in [0.3, 0.4) is 0 Å². The van der Waals surface area contributed by atoms with Gasteiger partial charge in [0, 0.05) is 0 Å². The van der Waals surface area contributed by atoms with Crippen molar-refractivity contribution in [3.05, 3.63) is 17.9 Å². The number of hydrogen-bond acceptors (Lipinski definition) is 2. The van der Waals surface area contributed by atoms with E-state index < -0.39 is 29.8 Å². The predicted molar refractivity (Wildman–Crippen MR) is 43.3 cm³/mol. The third-order valence-electron chi connectivity index (χ3n) is 1.63. The molecule has 0 aliphatic heterocycles. The van der Waals surface area contributed by atoms with Crippen LogP contribution in [0.25, 0.3) is 0 Å². The highest BCUT2D eigenvalue weighted by Gasteiger charge is 2.28. The van der Waals surface area contributed by atoms with Crippen molar-refractivity contribution in [2.75, 3.05) is 7.11 Å². The maximum absolute atomic E-state index is 12.9. The minimum absolute atomic E-state index is 0.290. The van der Waals surface area contributed by atoms with Gasteiger partial charge in [0.25, 0.3) is 0 Å². The van der Waals surface area contributed by atoms with E-state index in [0.717, 1.165) is 7.11 Å². The van der Waals surface area contributed by atoms with Gasteiger partial charge in [-0.2, -0.15) is 0 Å². The molecule has 14 heavy (non-hydrogen) atoms. The second kappa shape index (κ2) is 3.40. The van der Waals surface area contributed by atoms with Crippen LogP contribution in [0.5, 0.6) is 11.5 Å². The molecule has 0 spiro atoms. The highest BCUT2D eigenvalue weighted by molar-refractivity contribution is 6.73. The van der Waals surface area contributed by atoms with Gasteiger partial charge in [0.05, 0.1) is 7.11 Å². The lowest BCUT2D eigenvalue weighted by Gasteiger charge is -2.16. The molecule has 0 aliphatic rings. The Labute approximate surface area is 77.2 Å². The van der Waals surface area contributed by atoms with Gasteiger partial charge in [-0.1, -0.05) is 0 Å². The maximum Gasteiger partial charge on any atom is 0.509 e. The van der Waals surface area contributed by atoms with Crippen LogP contribution < -0.4 is 10.2 Å². The first-order valence-corrected chi connectivity index (χ1v) is 3.62. The Morgan fingerprint density at radius 2 is 1.86 bits per heavy atom. The number of phenols is 1. The molecule has 1 aromatic carbocycles. The van der Waals surface area contributed by atoms with E-state index in [4.69, 9.17) is 5.11 Å². The number of benzene rings is 1. The molecular weight excluding hydrogens is 203 g/mol. The van der Waals surface area contributed by atoms with Crippen molar-refractivity contribution in [3.8, 4) is 11.5 Å². The fourth-order valence-corrected chi connectivity index (χ4v) is 0.990. The molecule has 2 nitrogen and oxygen atoms in total. The number of phenolic OH excluding ortho intramolecular Hbond substituents is 1. The third kappa shape index (κ3) is 1.91. The summed E-state index contributed by atoms with van der Waals surface area (Å²) in [5, 5.41) is 8.98. The first kappa shape index (κ1) is 10.7. The summed E-state index contributed by atoms with van der Waals surface area (Å²) in [7, 11) is 1.05. The zero-order chi connectivity index (χ0) is 10.9. The summed E-state index contributed by atoms with van der Waals surface area (Å²) in [4.78, 5) is 0. The Bertz CT molecular complexity index is 327. The fourth-order valence-electron chi connectivity index (χ4n) is 0.990. The highest BCUT2D eigenvalue weighted by atomic mass is 19.4. The number of aromatic hydroxyl groups is 1. The van der Waals surface area contributed by atoms with Crippen molar-refractivity contribution in [1.29, 1.82) is 0 Å². The van der Waals surface area contributed by atoms with E-state index >= 15 is 0 Å². The molecule has 1 rings (SSSR count). The molecule has 1 N–H and O–H groups in total. The van der Waals surface area contributed by atoms with E-state index in [-0.39, 0.29) is 0 Å². The number of hydrogen-bond donors (Lipinski definition) is 1. The van der Waals surface area contributed by atoms with E-state index in [9.17, 15) is 17.3 Å². The molecule has 78 valence electrons. The van der Waals surface area contributed by atoms with E-state index in [1.54, 1.807) is 0 Å². The molecule has 0 atom stereocenters. The van der Waals surface area contributed by atoms with Crippen molar-refractivity contribution in [1.82, 2.24) is 0 Å². The van der Waals surface area contributed by atoms with Crippen LogP contribution in [0.15, 0.2) is 12.1 Å². The van der Waals surface area contributed by atoms with E-state index in [0.29, 0.717) is 12.1 Å². The molecule has 0 saturated heterocycles. The lowest BCUT2D eigenvalue weighted by molar-refractivity contribution is 0.351. The van der Waals surface area contributed by atoms with Crippen LogP contribution in [-0.4, -0.2) is 19.2 Å². The van der Waals surface area contributed by atoms with Gasteiger partial charge in [-0.05, 0) is 12.1 Å². The predicted octanol–water partition coefficient (Wildman–Crippen LogP) is 1.59. The monoisotopic (exact) mass is 209 g/mol. The highest BCUT2D eigenvalue weighted by Crippen LogP contribution is 2.28. The summed E-state index contributed by atoms with van der Waals surface area (Å²) in [6.45, 7) is -5.32. The molecule has 0 fully saturated rings. The van der Waals surface area contributed by atoms with Crippen LogP contribution in [0.2, 0.25) is 0 Å². The topological polar surface area (TPSA) is 29.5 Å². The Balaban J connectivity index is 3.28. The summed E-state index contributed by atoms with van der Waals surface area (Å²) < 4.78 is 53.6. The van der Waals surface area contributed by atoms with Gasteiger partial charge in [-0.25, -0.2) is 4.39 Å². The number of methoxy groups -OCH3 is 1. The van der Waals surface area contributed by atoms with Crippen LogP contribution >= 0.6 is 0 Å². The average Bonchev–Trinajstić information content (AvgIpc) is 2.01. The first-order valence-electron chi connectivity index (χ1n) is 3.62. The summed E-state index contributed by atoms with van der Waals surface area (Å²) in [5.74, 6) is -2.68. The molecule has 0 aromatic heterocycles. The third-order valence-corrected chi connectivity index (χ3v) is 1.63. The summed E-state index contributed by atoms with van der Waals surface area (Å²) in [6, 6.07) is 0.723. The molecule has 0 aliphatic carbocycles. The quantitative estimate of drug-likeness (QED) is 0.591. The van der Waals surface area contributed by atoms with Gasteiger partial charge in [-0.15, -0.1) is 5.46 Å². The standard InChI is InChI=1S/C7H6BF4O2/c1-14-7-5(9)2-4(3-6(7)13)8(10,11)12/h2-3,13H,1H3/q-1. The Hall–Kier alpha value is -1.40. The molecule has 0 saturated carbocycles.